The molecule has 0 aliphatic carbocycles. The summed E-state index contributed by atoms with van der Waals surface area (Å²) in [5.74, 6) is 2.27. The van der Waals surface area contributed by atoms with Crippen LogP contribution in [-0.2, 0) is 0 Å². The fraction of sp³-hybridized carbons (Fsp3) is 0.600. The van der Waals surface area contributed by atoms with E-state index >= 15 is 0 Å². The van der Waals surface area contributed by atoms with Crippen LogP contribution in [0.1, 0.15) is 12.2 Å². The third kappa shape index (κ3) is 4.55. The molecular formula is C10H16ClN3OS. The first-order valence-electron chi connectivity index (χ1n) is 5.03. The van der Waals surface area contributed by atoms with Gasteiger partial charge in [0.15, 0.2) is 0 Å². The average Bonchev–Trinajstić information content (AvgIpc) is 2.16. The van der Waals surface area contributed by atoms with Gasteiger partial charge in [-0.05, 0) is 19.6 Å². The molecule has 0 bridgehead atoms. The molecule has 1 rings (SSSR count). The largest absolute Gasteiger partial charge is 0.396 e. The van der Waals surface area contributed by atoms with Crippen LogP contribution in [0.5, 0.6) is 0 Å². The molecule has 0 amide bonds. The van der Waals surface area contributed by atoms with Crippen molar-refractivity contribution in [1.29, 1.82) is 0 Å². The van der Waals surface area contributed by atoms with Gasteiger partial charge >= 0.3 is 0 Å². The summed E-state index contributed by atoms with van der Waals surface area (Å²) in [7, 11) is 0. The zero-order chi connectivity index (χ0) is 12.0. The average molecular weight is 262 g/mol. The van der Waals surface area contributed by atoms with E-state index in [-0.39, 0.29) is 12.6 Å². The number of aromatic nitrogens is 2. The number of hydrogen-bond acceptors (Lipinski definition) is 5. The Morgan fingerprint density at radius 3 is 2.88 bits per heavy atom. The van der Waals surface area contributed by atoms with Gasteiger partial charge < -0.3 is 10.4 Å². The first-order valence-corrected chi connectivity index (χ1v) is 6.80. The molecule has 1 heterocycles. The van der Waals surface area contributed by atoms with Crippen LogP contribution in [0.15, 0.2) is 6.07 Å². The Kier molecular flexibility index (Phi) is 5.87. The minimum atomic E-state index is 0.163. The van der Waals surface area contributed by atoms with Crippen molar-refractivity contribution in [1.82, 2.24) is 9.97 Å². The normalized spacial score (nSPS) is 12.5. The van der Waals surface area contributed by atoms with Gasteiger partial charge in [0.05, 0.1) is 0 Å². The predicted molar refractivity (Wildman–Crippen MR) is 69.3 cm³/mol. The van der Waals surface area contributed by atoms with Crippen LogP contribution in [0.3, 0.4) is 0 Å². The Morgan fingerprint density at radius 2 is 2.31 bits per heavy atom. The van der Waals surface area contributed by atoms with E-state index < -0.39 is 0 Å². The number of thioether (sulfide) groups is 1. The second-order valence-electron chi connectivity index (χ2n) is 3.43. The zero-order valence-electron chi connectivity index (χ0n) is 9.40. The minimum Gasteiger partial charge on any atom is -0.396 e. The number of halogens is 1. The number of anilines is 1. The molecular weight excluding hydrogens is 246 g/mol. The number of nitrogens with one attached hydrogen (secondary N) is 1. The monoisotopic (exact) mass is 261 g/mol. The van der Waals surface area contributed by atoms with Crippen molar-refractivity contribution < 1.29 is 5.11 Å². The molecule has 0 aromatic carbocycles. The van der Waals surface area contributed by atoms with Gasteiger partial charge in [-0.25, -0.2) is 9.97 Å². The maximum absolute atomic E-state index is 8.94. The molecule has 1 atom stereocenters. The van der Waals surface area contributed by atoms with E-state index in [0.717, 1.165) is 5.75 Å². The van der Waals surface area contributed by atoms with E-state index in [4.69, 9.17) is 16.7 Å². The Balaban J connectivity index is 2.68. The fourth-order valence-electron chi connectivity index (χ4n) is 1.37. The van der Waals surface area contributed by atoms with Gasteiger partial charge in [0.25, 0.3) is 0 Å². The summed E-state index contributed by atoms with van der Waals surface area (Å²) in [6, 6.07) is 1.89. The highest BCUT2D eigenvalue weighted by Crippen LogP contribution is 2.14. The summed E-state index contributed by atoms with van der Waals surface area (Å²) in [5.41, 5.74) is 0. The predicted octanol–water partition coefficient (Wildman–Crippen LogP) is 1.96. The standard InChI is InChI=1S/C10H16ClN3OS/c1-7-12-9(11)5-10(13-7)14-8(3-4-15)6-16-2/h5,8,15H,3-4,6H2,1-2H3,(H,12,13,14). The minimum absolute atomic E-state index is 0.163. The summed E-state index contributed by atoms with van der Waals surface area (Å²) >= 11 is 7.57. The molecule has 0 radical (unpaired) electrons. The van der Waals surface area contributed by atoms with Gasteiger partial charge in [0.2, 0.25) is 0 Å². The van der Waals surface area contributed by atoms with Crippen LogP contribution in [0.4, 0.5) is 5.82 Å². The van der Waals surface area contributed by atoms with Gasteiger partial charge in [-0.1, -0.05) is 11.6 Å². The van der Waals surface area contributed by atoms with Crippen LogP contribution in [0.2, 0.25) is 5.15 Å². The van der Waals surface area contributed by atoms with Gasteiger partial charge in [-0.3, -0.25) is 0 Å². The first kappa shape index (κ1) is 13.5. The lowest BCUT2D eigenvalue weighted by molar-refractivity contribution is 0.282. The second kappa shape index (κ2) is 6.93. The lowest BCUT2D eigenvalue weighted by atomic mass is 10.2. The third-order valence-electron chi connectivity index (χ3n) is 2.00. The van der Waals surface area contributed by atoms with Crippen LogP contribution < -0.4 is 5.32 Å². The topological polar surface area (TPSA) is 58.0 Å². The molecule has 0 aliphatic rings. The van der Waals surface area contributed by atoms with Crippen molar-refractivity contribution in [3.8, 4) is 0 Å². The SMILES string of the molecule is CSCC(CCO)Nc1cc(Cl)nc(C)n1. The quantitative estimate of drug-likeness (QED) is 0.767. The highest BCUT2D eigenvalue weighted by Gasteiger charge is 2.09. The fourth-order valence-corrected chi connectivity index (χ4v) is 2.25. The molecule has 4 nitrogen and oxygen atoms in total. The Hall–Kier alpha value is -0.520. The van der Waals surface area contributed by atoms with Crippen molar-refractivity contribution in [2.75, 3.05) is 23.9 Å². The lowest BCUT2D eigenvalue weighted by Gasteiger charge is -2.17. The van der Waals surface area contributed by atoms with E-state index in [0.29, 0.717) is 23.2 Å². The van der Waals surface area contributed by atoms with Gasteiger partial charge in [-0.2, -0.15) is 11.8 Å². The van der Waals surface area contributed by atoms with Crippen molar-refractivity contribution >= 4 is 29.2 Å². The zero-order valence-corrected chi connectivity index (χ0v) is 11.0. The molecule has 90 valence electrons. The number of aliphatic hydroxyl groups is 1. The van der Waals surface area contributed by atoms with Gasteiger partial charge in [0.1, 0.15) is 16.8 Å². The maximum atomic E-state index is 8.94. The summed E-state index contributed by atoms with van der Waals surface area (Å²) in [5, 5.41) is 12.6. The lowest BCUT2D eigenvalue weighted by Crippen LogP contribution is -2.24. The molecule has 1 unspecified atom stereocenters. The smallest absolute Gasteiger partial charge is 0.134 e. The van der Waals surface area contributed by atoms with Crippen molar-refractivity contribution in [3.63, 3.8) is 0 Å². The number of hydrogen-bond donors (Lipinski definition) is 2. The molecule has 0 spiro atoms. The van der Waals surface area contributed by atoms with Crippen molar-refractivity contribution in [2.45, 2.75) is 19.4 Å². The molecule has 16 heavy (non-hydrogen) atoms. The maximum Gasteiger partial charge on any atom is 0.134 e. The van der Waals surface area contributed by atoms with Crippen LogP contribution in [0, 0.1) is 6.92 Å². The summed E-state index contributed by atoms with van der Waals surface area (Å²) < 4.78 is 0. The molecule has 1 aromatic heterocycles. The van der Waals surface area contributed by atoms with E-state index in [1.165, 1.54) is 0 Å². The van der Waals surface area contributed by atoms with Crippen LogP contribution in [-0.4, -0.2) is 39.7 Å². The van der Waals surface area contributed by atoms with Crippen LogP contribution >= 0.6 is 23.4 Å². The molecule has 0 fully saturated rings. The van der Waals surface area contributed by atoms with Crippen LogP contribution in [0.25, 0.3) is 0 Å². The third-order valence-corrected chi connectivity index (χ3v) is 2.93. The summed E-state index contributed by atoms with van der Waals surface area (Å²) in [4.78, 5) is 8.23. The van der Waals surface area contributed by atoms with E-state index in [1.807, 2.05) is 6.26 Å². The number of aryl methyl sites for hydroxylation is 1. The molecule has 1 aromatic rings. The molecule has 6 heteroatoms. The second-order valence-corrected chi connectivity index (χ2v) is 4.73. The molecule has 2 N–H and O–H groups in total. The molecule has 0 saturated carbocycles. The Morgan fingerprint density at radius 1 is 1.56 bits per heavy atom. The highest BCUT2D eigenvalue weighted by atomic mass is 35.5. The number of aliphatic hydroxyl groups excluding tert-OH is 1. The number of rotatable bonds is 6. The van der Waals surface area contributed by atoms with E-state index in [2.05, 4.69) is 15.3 Å². The molecule has 0 saturated heterocycles. The molecule has 0 aliphatic heterocycles. The Bertz CT molecular complexity index is 312. The summed E-state index contributed by atoms with van der Waals surface area (Å²) in [6.45, 7) is 1.96. The Labute approximate surface area is 105 Å². The van der Waals surface area contributed by atoms with Crippen molar-refractivity contribution in [2.24, 2.45) is 0 Å². The highest BCUT2D eigenvalue weighted by molar-refractivity contribution is 7.98. The first-order chi connectivity index (χ1) is 7.65. The van der Waals surface area contributed by atoms with E-state index in [9.17, 15) is 0 Å². The van der Waals surface area contributed by atoms with Gasteiger partial charge in [-0.15, -0.1) is 0 Å². The van der Waals surface area contributed by atoms with Gasteiger partial charge in [0, 0.05) is 24.5 Å². The number of nitrogens with zero attached hydrogens (tertiary/aromatic N) is 2. The summed E-state index contributed by atoms with van der Waals surface area (Å²) in [6.07, 6.45) is 2.73. The van der Waals surface area contributed by atoms with Crippen molar-refractivity contribution in [3.05, 3.63) is 17.0 Å². The van der Waals surface area contributed by atoms with E-state index in [1.54, 1.807) is 24.8 Å².